The average molecular weight is 267 g/mol. The van der Waals surface area contributed by atoms with Gasteiger partial charge in [-0.1, -0.05) is 18.0 Å². The van der Waals surface area contributed by atoms with Crippen LogP contribution in [0.1, 0.15) is 43.1 Å². The van der Waals surface area contributed by atoms with Gasteiger partial charge in [-0.25, -0.2) is 0 Å². The van der Waals surface area contributed by atoms with Crippen molar-refractivity contribution in [1.82, 2.24) is 10.3 Å². The minimum absolute atomic E-state index is 0.0443. The third-order valence-electron chi connectivity index (χ3n) is 4.69. The van der Waals surface area contributed by atoms with Gasteiger partial charge >= 0.3 is 0 Å². The molecule has 4 atom stereocenters. The third kappa shape index (κ3) is 2.16. The zero-order valence-electron chi connectivity index (χ0n) is 10.6. The molecule has 3 rings (SSSR count). The molecule has 1 amide bonds. The molecule has 0 aromatic carbocycles. The zero-order valence-corrected chi connectivity index (χ0v) is 11.3. The highest BCUT2D eigenvalue weighted by Crippen LogP contribution is 2.49. The number of hydrogen-bond acceptors (Lipinski definition) is 1. The van der Waals surface area contributed by atoms with Crippen molar-refractivity contribution in [3.63, 3.8) is 0 Å². The number of hydrogen-bond donors (Lipinski definition) is 2. The van der Waals surface area contributed by atoms with Gasteiger partial charge in [0.2, 0.25) is 0 Å². The molecule has 98 valence electrons. The largest absolute Gasteiger partial charge is 0.356 e. The highest BCUT2D eigenvalue weighted by atomic mass is 35.5. The molecular formula is C14H19ClN2O. The summed E-state index contributed by atoms with van der Waals surface area (Å²) in [4.78, 5) is 14.9. The van der Waals surface area contributed by atoms with Crippen molar-refractivity contribution < 1.29 is 4.79 Å². The van der Waals surface area contributed by atoms with Crippen LogP contribution in [-0.4, -0.2) is 16.9 Å². The van der Waals surface area contributed by atoms with Gasteiger partial charge in [-0.3, -0.25) is 4.79 Å². The van der Waals surface area contributed by atoms with Gasteiger partial charge in [0, 0.05) is 12.2 Å². The molecular weight excluding hydrogens is 248 g/mol. The van der Waals surface area contributed by atoms with Gasteiger partial charge in [0.25, 0.3) is 5.91 Å². The predicted octanol–water partition coefficient (Wildman–Crippen LogP) is 3.22. The van der Waals surface area contributed by atoms with Crippen LogP contribution in [0.15, 0.2) is 12.3 Å². The SMILES string of the molecule is C[C@H](NC(=O)c1cc(Cl)c[nH]1)[C@@H]1C[C@H]2CC[C@H]1C2. The maximum Gasteiger partial charge on any atom is 0.267 e. The molecule has 18 heavy (non-hydrogen) atoms. The first kappa shape index (κ1) is 12.1. The normalized spacial score (nSPS) is 31.6. The third-order valence-corrected chi connectivity index (χ3v) is 4.90. The zero-order chi connectivity index (χ0) is 12.7. The summed E-state index contributed by atoms with van der Waals surface area (Å²) >= 11 is 5.81. The monoisotopic (exact) mass is 266 g/mol. The van der Waals surface area contributed by atoms with Crippen LogP contribution >= 0.6 is 11.6 Å². The molecule has 3 nitrogen and oxygen atoms in total. The fourth-order valence-electron chi connectivity index (χ4n) is 3.80. The number of H-pyrrole nitrogens is 1. The number of amides is 1. The van der Waals surface area contributed by atoms with Gasteiger partial charge in [-0.2, -0.15) is 0 Å². The van der Waals surface area contributed by atoms with Crippen LogP contribution in [-0.2, 0) is 0 Å². The maximum absolute atomic E-state index is 12.0. The first-order valence-electron chi connectivity index (χ1n) is 6.78. The Morgan fingerprint density at radius 2 is 2.33 bits per heavy atom. The Bertz CT molecular complexity index is 456. The van der Waals surface area contributed by atoms with E-state index in [0.717, 1.165) is 11.8 Å². The lowest BCUT2D eigenvalue weighted by Gasteiger charge is -2.28. The molecule has 2 N–H and O–H groups in total. The Labute approximate surface area is 112 Å². The molecule has 0 spiro atoms. The van der Waals surface area contributed by atoms with Gasteiger partial charge in [0.05, 0.1) is 5.02 Å². The number of aromatic amines is 1. The molecule has 0 aliphatic heterocycles. The second kappa shape index (κ2) is 4.61. The molecule has 0 saturated heterocycles. The van der Waals surface area contributed by atoms with Crippen LogP contribution in [0.3, 0.4) is 0 Å². The molecule has 2 saturated carbocycles. The summed E-state index contributed by atoms with van der Waals surface area (Å²) in [6.07, 6.45) is 7.05. The van der Waals surface area contributed by atoms with Crippen LogP contribution in [0.5, 0.6) is 0 Å². The number of carbonyl (C=O) groups excluding carboxylic acids is 1. The van der Waals surface area contributed by atoms with Crippen molar-refractivity contribution in [1.29, 1.82) is 0 Å². The van der Waals surface area contributed by atoms with Crippen LogP contribution in [0.2, 0.25) is 5.02 Å². The highest BCUT2D eigenvalue weighted by Gasteiger charge is 2.42. The standard InChI is InChI=1S/C14H19ClN2O/c1-8(12-5-9-2-3-10(12)4-9)17-14(18)13-6-11(15)7-16-13/h6-10,12,16H,2-5H2,1H3,(H,17,18)/t8-,9-,10-,12-/m0/s1. The van der Waals surface area contributed by atoms with E-state index in [2.05, 4.69) is 17.2 Å². The Hall–Kier alpha value is -0.960. The Morgan fingerprint density at radius 3 is 2.89 bits per heavy atom. The Kier molecular flexibility index (Phi) is 3.10. The molecule has 2 aliphatic rings. The van der Waals surface area contributed by atoms with E-state index in [0.29, 0.717) is 16.6 Å². The molecule has 4 heteroatoms. The number of rotatable bonds is 3. The van der Waals surface area contributed by atoms with E-state index in [1.54, 1.807) is 12.3 Å². The van der Waals surface area contributed by atoms with Crippen molar-refractivity contribution in [3.8, 4) is 0 Å². The summed E-state index contributed by atoms with van der Waals surface area (Å²) < 4.78 is 0. The Balaban J connectivity index is 1.61. The Morgan fingerprint density at radius 1 is 1.50 bits per heavy atom. The van der Waals surface area contributed by atoms with Gasteiger partial charge < -0.3 is 10.3 Å². The fourth-order valence-corrected chi connectivity index (χ4v) is 3.96. The van der Waals surface area contributed by atoms with E-state index in [1.165, 1.54) is 25.7 Å². The number of aromatic nitrogens is 1. The summed E-state index contributed by atoms with van der Waals surface area (Å²) in [5.41, 5.74) is 0.551. The van der Waals surface area contributed by atoms with E-state index in [9.17, 15) is 4.79 Å². The molecule has 0 radical (unpaired) electrons. The topological polar surface area (TPSA) is 44.9 Å². The minimum atomic E-state index is -0.0443. The lowest BCUT2D eigenvalue weighted by atomic mass is 9.84. The van der Waals surface area contributed by atoms with Crippen molar-refractivity contribution in [3.05, 3.63) is 23.0 Å². The smallest absolute Gasteiger partial charge is 0.267 e. The van der Waals surface area contributed by atoms with E-state index in [-0.39, 0.29) is 11.9 Å². The number of nitrogens with one attached hydrogen (secondary N) is 2. The molecule has 1 aromatic heterocycles. The molecule has 1 heterocycles. The fraction of sp³-hybridized carbons (Fsp3) is 0.643. The minimum Gasteiger partial charge on any atom is -0.356 e. The first-order chi connectivity index (χ1) is 8.63. The van der Waals surface area contributed by atoms with Crippen LogP contribution in [0, 0.1) is 17.8 Å². The predicted molar refractivity (Wildman–Crippen MR) is 71.7 cm³/mol. The van der Waals surface area contributed by atoms with Gasteiger partial charge in [-0.05, 0) is 50.0 Å². The van der Waals surface area contributed by atoms with E-state index in [4.69, 9.17) is 11.6 Å². The van der Waals surface area contributed by atoms with Crippen LogP contribution in [0.4, 0.5) is 0 Å². The van der Waals surface area contributed by atoms with Crippen LogP contribution in [0.25, 0.3) is 0 Å². The summed E-state index contributed by atoms with van der Waals surface area (Å²) in [5, 5.41) is 3.68. The molecule has 2 aliphatic carbocycles. The average Bonchev–Trinajstić information content (AvgIpc) is 3.03. The molecule has 2 bridgehead atoms. The van der Waals surface area contributed by atoms with Gasteiger partial charge in [0.1, 0.15) is 5.69 Å². The summed E-state index contributed by atoms with van der Waals surface area (Å²) in [7, 11) is 0. The first-order valence-corrected chi connectivity index (χ1v) is 7.16. The molecule has 0 unspecified atom stereocenters. The van der Waals surface area contributed by atoms with Crippen molar-refractivity contribution >= 4 is 17.5 Å². The number of carbonyl (C=O) groups is 1. The molecule has 1 aromatic rings. The second-order valence-electron chi connectivity index (χ2n) is 5.83. The van der Waals surface area contributed by atoms with Gasteiger partial charge in [-0.15, -0.1) is 0 Å². The molecule has 2 fully saturated rings. The lowest BCUT2D eigenvalue weighted by molar-refractivity contribution is 0.0911. The van der Waals surface area contributed by atoms with E-state index in [1.807, 2.05) is 0 Å². The summed E-state index contributed by atoms with van der Waals surface area (Å²) in [6.45, 7) is 2.13. The number of halogens is 1. The summed E-state index contributed by atoms with van der Waals surface area (Å²) in [5.74, 6) is 2.37. The van der Waals surface area contributed by atoms with Crippen molar-refractivity contribution in [2.45, 2.75) is 38.6 Å². The van der Waals surface area contributed by atoms with Crippen LogP contribution < -0.4 is 5.32 Å². The maximum atomic E-state index is 12.0. The second-order valence-corrected chi connectivity index (χ2v) is 6.27. The lowest BCUT2D eigenvalue weighted by Crippen LogP contribution is -2.40. The van der Waals surface area contributed by atoms with Crippen molar-refractivity contribution in [2.75, 3.05) is 0 Å². The van der Waals surface area contributed by atoms with Gasteiger partial charge in [0.15, 0.2) is 0 Å². The van der Waals surface area contributed by atoms with E-state index < -0.39 is 0 Å². The highest BCUT2D eigenvalue weighted by molar-refractivity contribution is 6.30. The number of fused-ring (bicyclic) bond motifs is 2. The summed E-state index contributed by atoms with van der Waals surface area (Å²) in [6, 6.07) is 1.93. The van der Waals surface area contributed by atoms with E-state index >= 15 is 0 Å². The van der Waals surface area contributed by atoms with Crippen molar-refractivity contribution in [2.24, 2.45) is 17.8 Å². The quantitative estimate of drug-likeness (QED) is 0.867.